The van der Waals surface area contributed by atoms with Crippen molar-refractivity contribution in [3.63, 3.8) is 0 Å². The van der Waals surface area contributed by atoms with Crippen molar-refractivity contribution in [2.24, 2.45) is 0 Å². The van der Waals surface area contributed by atoms with Crippen LogP contribution in [0.3, 0.4) is 0 Å². The lowest BCUT2D eigenvalue weighted by Gasteiger charge is -2.09. The molecule has 0 radical (unpaired) electrons. The van der Waals surface area contributed by atoms with Gasteiger partial charge in [-0.3, -0.25) is 14.2 Å². The highest BCUT2D eigenvalue weighted by Crippen LogP contribution is 2.19. The van der Waals surface area contributed by atoms with E-state index in [2.05, 4.69) is 32.2 Å². The lowest BCUT2D eigenvalue weighted by molar-refractivity contribution is 0.0970. The van der Waals surface area contributed by atoms with Crippen LogP contribution in [0.1, 0.15) is 26.6 Å². The van der Waals surface area contributed by atoms with Crippen molar-refractivity contribution in [1.29, 1.82) is 0 Å². The van der Waals surface area contributed by atoms with Crippen LogP contribution in [0.25, 0.3) is 16.7 Å². The molecule has 7 nitrogen and oxygen atoms in total. The lowest BCUT2D eigenvalue weighted by Crippen LogP contribution is -2.25. The van der Waals surface area contributed by atoms with Crippen molar-refractivity contribution in [2.45, 2.75) is 33.4 Å². The molecule has 0 atom stereocenters. The maximum atomic E-state index is 13.1. The van der Waals surface area contributed by atoms with E-state index in [9.17, 15) is 9.59 Å². The van der Waals surface area contributed by atoms with Gasteiger partial charge in [0.2, 0.25) is 0 Å². The second-order valence-corrected chi connectivity index (χ2v) is 9.03. The molecule has 5 rings (SSSR count). The summed E-state index contributed by atoms with van der Waals surface area (Å²) < 4.78 is 5.16. The molecule has 166 valence electrons. The Kier molecular flexibility index (Phi) is 5.51. The van der Waals surface area contributed by atoms with Gasteiger partial charge in [0, 0.05) is 28.4 Å². The van der Waals surface area contributed by atoms with Crippen LogP contribution in [0, 0.1) is 13.8 Å². The van der Waals surface area contributed by atoms with Gasteiger partial charge in [0.1, 0.15) is 11.7 Å². The van der Waals surface area contributed by atoms with Crippen LogP contribution in [0.5, 0.6) is 0 Å². The normalized spacial score (nSPS) is 11.3. The second-order valence-electron chi connectivity index (χ2n) is 8.00. The van der Waals surface area contributed by atoms with Gasteiger partial charge < -0.3 is 4.57 Å². The Morgan fingerprint density at radius 2 is 1.91 bits per heavy atom. The van der Waals surface area contributed by atoms with E-state index >= 15 is 0 Å². The summed E-state index contributed by atoms with van der Waals surface area (Å²) in [6.45, 7) is 4.73. The van der Waals surface area contributed by atoms with E-state index in [1.165, 1.54) is 22.0 Å². The number of aromatic nitrogens is 5. The first-order valence-electron chi connectivity index (χ1n) is 10.7. The number of hydrogen-bond acceptors (Lipinski definition) is 5. The molecule has 0 saturated heterocycles. The first-order chi connectivity index (χ1) is 16.0. The molecule has 0 aliphatic rings. The maximum absolute atomic E-state index is 13.1. The number of nitrogens with zero attached hydrogens (tertiary/aromatic N) is 5. The zero-order valence-electron chi connectivity index (χ0n) is 18.4. The van der Waals surface area contributed by atoms with E-state index in [4.69, 9.17) is 0 Å². The molecule has 5 aromatic rings. The molecule has 0 amide bonds. The minimum Gasteiger partial charge on any atom is -0.348 e. The number of para-hydroxylation sites is 1. The Bertz CT molecular complexity index is 1490. The van der Waals surface area contributed by atoms with Gasteiger partial charge in [-0.05, 0) is 49.9 Å². The highest BCUT2D eigenvalue weighted by molar-refractivity contribution is 7.09. The van der Waals surface area contributed by atoms with Crippen LogP contribution in [-0.2, 0) is 19.5 Å². The summed E-state index contributed by atoms with van der Waals surface area (Å²) in [6, 6.07) is 15.6. The summed E-state index contributed by atoms with van der Waals surface area (Å²) in [5.74, 6) is -0.107. The monoisotopic (exact) mass is 457 g/mol. The van der Waals surface area contributed by atoms with Crippen molar-refractivity contribution < 1.29 is 4.79 Å². The number of aryl methyl sites for hydroxylation is 2. The standard InChI is InChI=1S/C25H23N5O2S/c1-17-13-21(18(2)29(17)11-10-20-9-6-12-33-20)23(31)15-28-16-26-24-22(25(28)32)14-27-30(24)19-7-4-3-5-8-19/h3-9,12-14,16H,10-11,15H2,1-2H3. The topological polar surface area (TPSA) is 74.7 Å². The van der Waals surface area contributed by atoms with Crippen molar-refractivity contribution in [1.82, 2.24) is 23.9 Å². The number of carbonyl (C=O) groups excluding carboxylic acids is 1. The van der Waals surface area contributed by atoms with Crippen LogP contribution in [0.15, 0.2) is 71.2 Å². The van der Waals surface area contributed by atoms with Crippen LogP contribution in [0.2, 0.25) is 0 Å². The number of hydrogen-bond donors (Lipinski definition) is 0. The van der Waals surface area contributed by atoms with Gasteiger partial charge in [-0.2, -0.15) is 5.10 Å². The number of rotatable bonds is 7. The Labute approximate surface area is 194 Å². The van der Waals surface area contributed by atoms with Gasteiger partial charge in [-0.1, -0.05) is 24.3 Å². The average molecular weight is 458 g/mol. The molecule has 0 spiro atoms. The third-order valence-corrected chi connectivity index (χ3v) is 6.84. The Balaban J connectivity index is 1.40. The quantitative estimate of drug-likeness (QED) is 0.344. The Morgan fingerprint density at radius 1 is 1.09 bits per heavy atom. The minimum atomic E-state index is -0.276. The first kappa shape index (κ1) is 21.1. The Morgan fingerprint density at radius 3 is 2.67 bits per heavy atom. The van der Waals surface area contributed by atoms with Crippen LogP contribution in [-0.4, -0.2) is 29.7 Å². The number of fused-ring (bicyclic) bond motifs is 1. The molecule has 1 aromatic carbocycles. The molecule has 0 fully saturated rings. The summed E-state index contributed by atoms with van der Waals surface area (Å²) >= 11 is 1.74. The van der Waals surface area contributed by atoms with Gasteiger partial charge in [0.25, 0.3) is 5.56 Å². The van der Waals surface area contributed by atoms with Gasteiger partial charge in [0.15, 0.2) is 11.4 Å². The minimum absolute atomic E-state index is 0.0620. The van der Waals surface area contributed by atoms with E-state index < -0.39 is 0 Å². The van der Waals surface area contributed by atoms with Crippen LogP contribution < -0.4 is 5.56 Å². The predicted octanol–water partition coefficient (Wildman–Crippen LogP) is 4.19. The molecule has 8 heteroatoms. The van der Waals surface area contributed by atoms with Crippen LogP contribution >= 0.6 is 11.3 Å². The van der Waals surface area contributed by atoms with Crippen molar-refractivity contribution in [2.75, 3.05) is 0 Å². The second kappa shape index (κ2) is 8.63. The number of carbonyl (C=O) groups is 1. The average Bonchev–Trinajstić information content (AvgIpc) is 3.55. The fourth-order valence-corrected chi connectivity index (χ4v) is 4.86. The van der Waals surface area contributed by atoms with Gasteiger partial charge in [-0.25, -0.2) is 9.67 Å². The fraction of sp³-hybridized carbons (Fsp3) is 0.200. The Hall–Kier alpha value is -3.78. The highest BCUT2D eigenvalue weighted by Gasteiger charge is 2.18. The van der Waals surface area contributed by atoms with E-state index in [-0.39, 0.29) is 17.9 Å². The number of benzene rings is 1. The van der Waals surface area contributed by atoms with E-state index in [0.29, 0.717) is 16.6 Å². The summed E-state index contributed by atoms with van der Waals surface area (Å²) in [5.41, 5.74) is 3.63. The number of ketones is 1. The lowest BCUT2D eigenvalue weighted by atomic mass is 10.1. The molecule has 0 bridgehead atoms. The summed E-state index contributed by atoms with van der Waals surface area (Å²) in [6.07, 6.45) is 3.86. The summed E-state index contributed by atoms with van der Waals surface area (Å²) in [5, 5.41) is 6.79. The summed E-state index contributed by atoms with van der Waals surface area (Å²) in [4.78, 5) is 31.9. The fourth-order valence-electron chi connectivity index (χ4n) is 4.16. The summed E-state index contributed by atoms with van der Waals surface area (Å²) in [7, 11) is 0. The predicted molar refractivity (Wildman–Crippen MR) is 129 cm³/mol. The van der Waals surface area contributed by atoms with E-state index in [1.54, 1.807) is 16.0 Å². The molecule has 0 aliphatic heterocycles. The molecule has 0 N–H and O–H groups in total. The zero-order valence-corrected chi connectivity index (χ0v) is 19.2. The molecule has 0 aliphatic carbocycles. The van der Waals surface area contributed by atoms with E-state index in [1.807, 2.05) is 50.2 Å². The first-order valence-corrected chi connectivity index (χ1v) is 11.6. The largest absolute Gasteiger partial charge is 0.348 e. The molecular weight excluding hydrogens is 434 g/mol. The van der Waals surface area contributed by atoms with E-state index in [0.717, 1.165) is 30.0 Å². The molecule has 33 heavy (non-hydrogen) atoms. The third-order valence-electron chi connectivity index (χ3n) is 5.91. The number of thiophene rings is 1. The SMILES string of the molecule is Cc1cc(C(=O)Cn2cnc3c(cnn3-c3ccccc3)c2=O)c(C)n1CCc1cccs1. The molecule has 4 aromatic heterocycles. The molecule has 0 unspecified atom stereocenters. The highest BCUT2D eigenvalue weighted by atomic mass is 32.1. The molecule has 0 saturated carbocycles. The van der Waals surface area contributed by atoms with Gasteiger partial charge in [-0.15, -0.1) is 11.3 Å². The smallest absolute Gasteiger partial charge is 0.264 e. The van der Waals surface area contributed by atoms with Gasteiger partial charge >= 0.3 is 0 Å². The molecule has 4 heterocycles. The third kappa shape index (κ3) is 3.93. The molecular formula is C25H23N5O2S. The van der Waals surface area contributed by atoms with Crippen LogP contribution in [0.4, 0.5) is 0 Å². The van der Waals surface area contributed by atoms with Crippen molar-refractivity contribution in [3.05, 3.63) is 98.6 Å². The van der Waals surface area contributed by atoms with Crippen molar-refractivity contribution >= 4 is 28.2 Å². The van der Waals surface area contributed by atoms with Gasteiger partial charge in [0.05, 0.1) is 18.4 Å². The zero-order chi connectivity index (χ0) is 22.9. The maximum Gasteiger partial charge on any atom is 0.264 e. The number of Topliss-reactive ketones (excluding diaryl/α,β-unsaturated/α-hetero) is 1. The van der Waals surface area contributed by atoms with Crippen molar-refractivity contribution in [3.8, 4) is 5.69 Å².